The standard InChI is InChI=1S/C5H9N3O2/c9-8(10)4-1-5-6-2-3-7-5/h1,4-7H,2-3H2. The Morgan fingerprint density at radius 2 is 2.10 bits per heavy atom. The fourth-order valence-corrected chi connectivity index (χ4v) is 0.820. The molecule has 5 nitrogen and oxygen atoms in total. The summed E-state index contributed by atoms with van der Waals surface area (Å²) in [4.78, 5) is 9.35. The van der Waals surface area contributed by atoms with E-state index < -0.39 is 4.92 Å². The topological polar surface area (TPSA) is 67.2 Å². The predicted molar refractivity (Wildman–Crippen MR) is 35.9 cm³/mol. The number of nitrogens with one attached hydrogen (secondary N) is 2. The molecule has 1 aliphatic rings. The monoisotopic (exact) mass is 143 g/mol. The first-order chi connectivity index (χ1) is 4.79. The SMILES string of the molecule is O=[N+]([O-])C=CC1NCCN1. The van der Waals surface area contributed by atoms with E-state index in [0.29, 0.717) is 0 Å². The predicted octanol–water partition coefficient (Wildman–Crippen LogP) is -0.704. The van der Waals surface area contributed by atoms with Gasteiger partial charge in [0.15, 0.2) is 0 Å². The molecule has 56 valence electrons. The van der Waals surface area contributed by atoms with Gasteiger partial charge >= 0.3 is 0 Å². The lowest BCUT2D eigenvalue weighted by molar-refractivity contribution is -0.402. The molecule has 1 fully saturated rings. The summed E-state index contributed by atoms with van der Waals surface area (Å²) in [7, 11) is 0. The van der Waals surface area contributed by atoms with E-state index >= 15 is 0 Å². The molecule has 5 heteroatoms. The molecule has 0 spiro atoms. The molecule has 0 bridgehead atoms. The second-order valence-electron chi connectivity index (χ2n) is 2.01. The number of nitro groups is 1. The van der Waals surface area contributed by atoms with Crippen LogP contribution in [-0.2, 0) is 0 Å². The van der Waals surface area contributed by atoms with Crippen LogP contribution in [0, 0.1) is 10.1 Å². The fourth-order valence-electron chi connectivity index (χ4n) is 0.820. The van der Waals surface area contributed by atoms with E-state index in [2.05, 4.69) is 10.6 Å². The maximum atomic E-state index is 9.82. The van der Waals surface area contributed by atoms with Gasteiger partial charge in [0.2, 0.25) is 6.20 Å². The van der Waals surface area contributed by atoms with Gasteiger partial charge in [-0.2, -0.15) is 0 Å². The highest BCUT2D eigenvalue weighted by Crippen LogP contribution is 1.87. The van der Waals surface area contributed by atoms with Crippen LogP contribution in [0.1, 0.15) is 0 Å². The summed E-state index contributed by atoms with van der Waals surface area (Å²) in [5.41, 5.74) is 0. The molecule has 0 aromatic carbocycles. The molecule has 0 unspecified atom stereocenters. The molecule has 0 atom stereocenters. The van der Waals surface area contributed by atoms with E-state index in [1.807, 2.05) is 0 Å². The van der Waals surface area contributed by atoms with Crippen LogP contribution in [0.2, 0.25) is 0 Å². The third kappa shape index (κ3) is 2.12. The smallest absolute Gasteiger partial charge is 0.233 e. The van der Waals surface area contributed by atoms with Crippen molar-refractivity contribution in [2.45, 2.75) is 6.17 Å². The van der Waals surface area contributed by atoms with Crippen LogP contribution >= 0.6 is 0 Å². The molecular weight excluding hydrogens is 134 g/mol. The lowest BCUT2D eigenvalue weighted by Gasteiger charge is -1.99. The molecule has 1 saturated heterocycles. The van der Waals surface area contributed by atoms with Crippen LogP contribution < -0.4 is 10.6 Å². The Hall–Kier alpha value is -0.940. The van der Waals surface area contributed by atoms with E-state index in [-0.39, 0.29) is 6.17 Å². The maximum Gasteiger partial charge on any atom is 0.233 e. The summed E-state index contributed by atoms with van der Waals surface area (Å²) in [6.45, 7) is 1.74. The maximum absolute atomic E-state index is 9.82. The lowest BCUT2D eigenvalue weighted by Crippen LogP contribution is -2.28. The molecule has 0 aromatic rings. The summed E-state index contributed by atoms with van der Waals surface area (Å²) >= 11 is 0. The van der Waals surface area contributed by atoms with Crippen LogP contribution in [0.25, 0.3) is 0 Å². The average molecular weight is 143 g/mol. The summed E-state index contributed by atoms with van der Waals surface area (Å²) < 4.78 is 0. The molecule has 2 N–H and O–H groups in total. The minimum absolute atomic E-state index is 0.0228. The van der Waals surface area contributed by atoms with Crippen molar-refractivity contribution in [2.75, 3.05) is 13.1 Å². The number of rotatable bonds is 2. The zero-order valence-corrected chi connectivity index (χ0v) is 5.41. The van der Waals surface area contributed by atoms with Gasteiger partial charge in [-0.05, 0) is 0 Å². The third-order valence-corrected chi connectivity index (χ3v) is 1.25. The van der Waals surface area contributed by atoms with Gasteiger partial charge in [0.1, 0.15) is 0 Å². The summed E-state index contributed by atoms with van der Waals surface area (Å²) in [6.07, 6.45) is 2.41. The second-order valence-corrected chi connectivity index (χ2v) is 2.01. The van der Waals surface area contributed by atoms with Crippen LogP contribution in [-0.4, -0.2) is 24.2 Å². The molecule has 0 radical (unpaired) electrons. The van der Waals surface area contributed by atoms with Gasteiger partial charge in [-0.3, -0.25) is 20.7 Å². The molecule has 1 rings (SSSR count). The molecule has 0 saturated carbocycles. The Morgan fingerprint density at radius 1 is 1.50 bits per heavy atom. The van der Waals surface area contributed by atoms with Crippen molar-refractivity contribution < 1.29 is 4.92 Å². The Bertz CT molecular complexity index is 151. The molecule has 0 aliphatic carbocycles. The van der Waals surface area contributed by atoms with Crippen LogP contribution in [0.15, 0.2) is 12.3 Å². The zero-order chi connectivity index (χ0) is 7.40. The lowest BCUT2D eigenvalue weighted by atomic mass is 10.5. The first-order valence-electron chi connectivity index (χ1n) is 3.07. The summed E-state index contributed by atoms with van der Waals surface area (Å²) in [5.74, 6) is 0. The van der Waals surface area contributed by atoms with Crippen LogP contribution in [0.5, 0.6) is 0 Å². The molecular formula is C5H9N3O2. The van der Waals surface area contributed by atoms with Gasteiger partial charge in [0, 0.05) is 19.2 Å². The number of hydrogen-bond donors (Lipinski definition) is 2. The molecule has 1 heterocycles. The van der Waals surface area contributed by atoms with E-state index in [1.165, 1.54) is 6.08 Å². The highest BCUT2D eigenvalue weighted by molar-refractivity contribution is 4.90. The fraction of sp³-hybridized carbons (Fsp3) is 0.600. The van der Waals surface area contributed by atoms with E-state index in [4.69, 9.17) is 0 Å². The molecule has 0 aromatic heterocycles. The van der Waals surface area contributed by atoms with Crippen molar-refractivity contribution >= 4 is 0 Å². The third-order valence-electron chi connectivity index (χ3n) is 1.25. The first-order valence-corrected chi connectivity index (χ1v) is 3.07. The molecule has 1 aliphatic heterocycles. The molecule has 10 heavy (non-hydrogen) atoms. The van der Waals surface area contributed by atoms with Crippen molar-refractivity contribution in [1.29, 1.82) is 0 Å². The van der Waals surface area contributed by atoms with Gasteiger partial charge in [-0.25, -0.2) is 0 Å². The summed E-state index contributed by atoms with van der Waals surface area (Å²) in [6, 6.07) is 0. The van der Waals surface area contributed by atoms with Crippen molar-refractivity contribution in [1.82, 2.24) is 10.6 Å². The largest absolute Gasteiger partial charge is 0.297 e. The minimum atomic E-state index is -0.471. The van der Waals surface area contributed by atoms with Crippen molar-refractivity contribution in [3.05, 3.63) is 22.4 Å². The Labute approximate surface area is 58.3 Å². The Balaban J connectivity index is 2.29. The van der Waals surface area contributed by atoms with E-state index in [9.17, 15) is 10.1 Å². The Kier molecular flexibility index (Phi) is 2.35. The average Bonchev–Trinajstić information content (AvgIpc) is 2.34. The van der Waals surface area contributed by atoms with Gasteiger partial charge in [-0.15, -0.1) is 0 Å². The highest BCUT2D eigenvalue weighted by atomic mass is 16.6. The second kappa shape index (κ2) is 3.28. The quantitative estimate of drug-likeness (QED) is 0.396. The van der Waals surface area contributed by atoms with Crippen molar-refractivity contribution in [3.63, 3.8) is 0 Å². The van der Waals surface area contributed by atoms with Crippen molar-refractivity contribution in [3.8, 4) is 0 Å². The number of hydrogen-bond acceptors (Lipinski definition) is 4. The van der Waals surface area contributed by atoms with Crippen molar-refractivity contribution in [2.24, 2.45) is 0 Å². The van der Waals surface area contributed by atoms with E-state index in [1.54, 1.807) is 0 Å². The zero-order valence-electron chi connectivity index (χ0n) is 5.41. The first kappa shape index (κ1) is 7.17. The van der Waals surface area contributed by atoms with Gasteiger partial charge < -0.3 is 0 Å². The van der Waals surface area contributed by atoms with E-state index in [0.717, 1.165) is 19.3 Å². The van der Waals surface area contributed by atoms with Gasteiger partial charge in [0.05, 0.1) is 11.1 Å². The normalized spacial score (nSPS) is 20.4. The number of nitrogens with zero attached hydrogens (tertiary/aromatic N) is 1. The minimum Gasteiger partial charge on any atom is -0.297 e. The highest BCUT2D eigenvalue weighted by Gasteiger charge is 2.09. The summed E-state index contributed by atoms with van der Waals surface area (Å²) in [5, 5.41) is 15.8. The Morgan fingerprint density at radius 3 is 2.60 bits per heavy atom. The molecule has 0 amide bonds. The van der Waals surface area contributed by atoms with Crippen LogP contribution in [0.3, 0.4) is 0 Å². The van der Waals surface area contributed by atoms with Crippen LogP contribution in [0.4, 0.5) is 0 Å². The van der Waals surface area contributed by atoms with Gasteiger partial charge in [0.25, 0.3) is 0 Å². The van der Waals surface area contributed by atoms with Gasteiger partial charge in [-0.1, -0.05) is 0 Å².